The van der Waals surface area contributed by atoms with Crippen molar-refractivity contribution >= 4 is 12.0 Å². The van der Waals surface area contributed by atoms with Crippen molar-refractivity contribution in [3.63, 3.8) is 0 Å². The van der Waals surface area contributed by atoms with E-state index in [1.807, 2.05) is 0 Å². The fraction of sp³-hybridized carbons (Fsp3) is 0.833. The van der Waals surface area contributed by atoms with Gasteiger partial charge in [0.1, 0.15) is 0 Å². The highest BCUT2D eigenvalue weighted by Crippen LogP contribution is 2.07. The number of aliphatic carboxylic acids is 1. The molecule has 0 spiro atoms. The van der Waals surface area contributed by atoms with Crippen molar-refractivity contribution in [1.82, 2.24) is 10.6 Å². The van der Waals surface area contributed by atoms with E-state index in [1.165, 1.54) is 0 Å². The lowest BCUT2D eigenvalue weighted by atomic mass is 9.98. The van der Waals surface area contributed by atoms with Gasteiger partial charge in [-0.15, -0.1) is 0 Å². The lowest BCUT2D eigenvalue weighted by molar-refractivity contribution is -0.137. The van der Waals surface area contributed by atoms with E-state index in [0.717, 1.165) is 0 Å². The molecule has 0 aromatic rings. The van der Waals surface area contributed by atoms with Crippen molar-refractivity contribution in [1.29, 1.82) is 0 Å². The lowest BCUT2D eigenvalue weighted by Crippen LogP contribution is -2.39. The number of rotatable bonds is 8. The van der Waals surface area contributed by atoms with Crippen molar-refractivity contribution in [3.8, 4) is 0 Å². The van der Waals surface area contributed by atoms with Crippen LogP contribution in [0.1, 0.15) is 40.0 Å². The zero-order chi connectivity index (χ0) is 13.3. The number of urea groups is 1. The van der Waals surface area contributed by atoms with E-state index in [1.54, 1.807) is 0 Å². The van der Waals surface area contributed by atoms with Crippen LogP contribution in [0.25, 0.3) is 0 Å². The maximum atomic E-state index is 11.3. The fourth-order valence-electron chi connectivity index (χ4n) is 1.16. The van der Waals surface area contributed by atoms with Gasteiger partial charge in [-0.1, -0.05) is 20.8 Å². The van der Waals surface area contributed by atoms with Crippen LogP contribution in [-0.4, -0.2) is 30.2 Å². The van der Waals surface area contributed by atoms with Gasteiger partial charge in [0.25, 0.3) is 0 Å². The highest BCUT2D eigenvalue weighted by Gasteiger charge is 2.08. The Balaban J connectivity index is 3.44. The van der Waals surface area contributed by atoms with Crippen LogP contribution in [0, 0.1) is 11.8 Å². The first-order chi connectivity index (χ1) is 7.93. The summed E-state index contributed by atoms with van der Waals surface area (Å²) in [7, 11) is 0. The van der Waals surface area contributed by atoms with Crippen molar-refractivity contribution < 1.29 is 14.7 Å². The first kappa shape index (κ1) is 15.7. The van der Waals surface area contributed by atoms with Gasteiger partial charge >= 0.3 is 12.0 Å². The van der Waals surface area contributed by atoms with E-state index in [-0.39, 0.29) is 12.5 Å². The normalized spacial score (nSPS) is 12.2. The molecule has 0 saturated heterocycles. The topological polar surface area (TPSA) is 78.4 Å². The van der Waals surface area contributed by atoms with Gasteiger partial charge in [0, 0.05) is 19.5 Å². The summed E-state index contributed by atoms with van der Waals surface area (Å²) in [5, 5.41) is 13.9. The Hall–Kier alpha value is -1.26. The summed E-state index contributed by atoms with van der Waals surface area (Å²) >= 11 is 0. The molecule has 17 heavy (non-hydrogen) atoms. The molecule has 0 aromatic heterocycles. The van der Waals surface area contributed by atoms with E-state index in [9.17, 15) is 9.59 Å². The zero-order valence-corrected chi connectivity index (χ0v) is 11.0. The highest BCUT2D eigenvalue weighted by molar-refractivity contribution is 5.73. The van der Waals surface area contributed by atoms with Crippen molar-refractivity contribution in [2.75, 3.05) is 13.1 Å². The van der Waals surface area contributed by atoms with Gasteiger partial charge in [-0.3, -0.25) is 4.79 Å². The second-order valence-corrected chi connectivity index (χ2v) is 4.71. The second-order valence-electron chi connectivity index (χ2n) is 4.71. The van der Waals surface area contributed by atoms with Crippen LogP contribution in [0.2, 0.25) is 0 Å². The molecule has 3 N–H and O–H groups in total. The quantitative estimate of drug-likeness (QED) is 0.570. The largest absolute Gasteiger partial charge is 0.481 e. The third kappa shape index (κ3) is 9.66. The molecule has 0 saturated carbocycles. The number of amides is 2. The number of hydrogen-bond donors (Lipinski definition) is 3. The molecule has 5 heteroatoms. The molecule has 0 radical (unpaired) electrons. The average molecular weight is 244 g/mol. The van der Waals surface area contributed by atoms with E-state index >= 15 is 0 Å². The smallest absolute Gasteiger partial charge is 0.314 e. The van der Waals surface area contributed by atoms with Gasteiger partial charge in [0.2, 0.25) is 0 Å². The molecule has 2 amide bonds. The molecule has 0 fully saturated rings. The number of hydrogen-bond acceptors (Lipinski definition) is 2. The zero-order valence-electron chi connectivity index (χ0n) is 11.0. The number of carboxylic acid groups (broad SMARTS) is 1. The Kier molecular flexibility index (Phi) is 8.19. The molecule has 0 aromatic carbocycles. The number of carboxylic acids is 1. The molecule has 5 nitrogen and oxygen atoms in total. The minimum Gasteiger partial charge on any atom is -0.481 e. The fourth-order valence-corrected chi connectivity index (χ4v) is 1.16. The summed E-state index contributed by atoms with van der Waals surface area (Å²) in [4.78, 5) is 21.6. The number of unbranched alkanes of at least 4 members (excludes halogenated alkanes) is 1. The van der Waals surface area contributed by atoms with Crippen LogP contribution in [0.5, 0.6) is 0 Å². The van der Waals surface area contributed by atoms with E-state index in [0.29, 0.717) is 37.8 Å². The van der Waals surface area contributed by atoms with Gasteiger partial charge in [-0.2, -0.15) is 0 Å². The standard InChI is InChI=1S/C12H24N2O3/c1-9(2)10(3)8-14-12(17)13-7-5-4-6-11(15)16/h9-10H,4-8H2,1-3H3,(H,15,16)(H2,13,14,17). The molecule has 0 aliphatic heterocycles. The molecule has 0 rings (SSSR count). The third-order valence-electron chi connectivity index (χ3n) is 2.83. The molecular formula is C12H24N2O3. The van der Waals surface area contributed by atoms with Crippen molar-refractivity contribution in [3.05, 3.63) is 0 Å². The van der Waals surface area contributed by atoms with Crippen LogP contribution >= 0.6 is 0 Å². The van der Waals surface area contributed by atoms with Crippen molar-refractivity contribution in [2.45, 2.75) is 40.0 Å². The van der Waals surface area contributed by atoms with Gasteiger partial charge in [-0.25, -0.2) is 4.79 Å². The van der Waals surface area contributed by atoms with Crippen LogP contribution < -0.4 is 10.6 Å². The van der Waals surface area contributed by atoms with Crippen LogP contribution in [-0.2, 0) is 4.79 Å². The van der Waals surface area contributed by atoms with Crippen LogP contribution in [0.4, 0.5) is 4.79 Å². The summed E-state index contributed by atoms with van der Waals surface area (Å²) < 4.78 is 0. The molecule has 0 heterocycles. The molecule has 1 atom stereocenters. The van der Waals surface area contributed by atoms with Crippen LogP contribution in [0.3, 0.4) is 0 Å². The molecule has 1 unspecified atom stereocenters. The monoisotopic (exact) mass is 244 g/mol. The Bertz CT molecular complexity index is 242. The van der Waals surface area contributed by atoms with E-state index in [4.69, 9.17) is 5.11 Å². The predicted molar refractivity (Wildman–Crippen MR) is 66.9 cm³/mol. The Morgan fingerprint density at radius 1 is 1.12 bits per heavy atom. The van der Waals surface area contributed by atoms with Gasteiger partial charge in [-0.05, 0) is 24.7 Å². The highest BCUT2D eigenvalue weighted by atomic mass is 16.4. The summed E-state index contributed by atoms with van der Waals surface area (Å²) in [6.45, 7) is 7.53. The third-order valence-corrected chi connectivity index (χ3v) is 2.83. The molecule has 0 bridgehead atoms. The summed E-state index contributed by atoms with van der Waals surface area (Å²) in [5.41, 5.74) is 0. The molecule has 0 aliphatic rings. The first-order valence-electron chi connectivity index (χ1n) is 6.17. The Morgan fingerprint density at radius 3 is 2.29 bits per heavy atom. The Labute approximate surface area is 103 Å². The van der Waals surface area contributed by atoms with E-state index in [2.05, 4.69) is 31.4 Å². The molecule has 100 valence electrons. The summed E-state index contributed by atoms with van der Waals surface area (Å²) in [6.07, 6.45) is 1.45. The summed E-state index contributed by atoms with van der Waals surface area (Å²) in [6, 6.07) is -0.173. The van der Waals surface area contributed by atoms with Gasteiger partial charge in [0.15, 0.2) is 0 Å². The number of carbonyl (C=O) groups excluding carboxylic acids is 1. The van der Waals surface area contributed by atoms with Gasteiger partial charge < -0.3 is 15.7 Å². The predicted octanol–water partition coefficient (Wildman–Crippen LogP) is 1.83. The Morgan fingerprint density at radius 2 is 1.76 bits per heavy atom. The number of nitrogens with one attached hydrogen (secondary N) is 2. The first-order valence-corrected chi connectivity index (χ1v) is 6.17. The number of carbonyl (C=O) groups is 2. The maximum Gasteiger partial charge on any atom is 0.314 e. The molecular weight excluding hydrogens is 220 g/mol. The summed E-state index contributed by atoms with van der Waals surface area (Å²) in [5.74, 6) is 0.207. The SMILES string of the molecule is CC(C)C(C)CNC(=O)NCCCCC(=O)O. The van der Waals surface area contributed by atoms with E-state index < -0.39 is 5.97 Å². The minimum atomic E-state index is -0.791. The minimum absolute atomic E-state index is 0.160. The second kappa shape index (κ2) is 8.84. The molecule has 0 aliphatic carbocycles. The van der Waals surface area contributed by atoms with Crippen molar-refractivity contribution in [2.24, 2.45) is 11.8 Å². The maximum absolute atomic E-state index is 11.3. The van der Waals surface area contributed by atoms with Gasteiger partial charge in [0.05, 0.1) is 0 Å². The average Bonchev–Trinajstić information content (AvgIpc) is 2.24. The van der Waals surface area contributed by atoms with Crippen LogP contribution in [0.15, 0.2) is 0 Å². The lowest BCUT2D eigenvalue weighted by Gasteiger charge is -2.16.